The summed E-state index contributed by atoms with van der Waals surface area (Å²) in [5.41, 5.74) is 0.989. The molecule has 2 aromatic rings. The zero-order chi connectivity index (χ0) is 10.3. The molecule has 0 N–H and O–H groups in total. The van der Waals surface area contributed by atoms with Gasteiger partial charge in [-0.2, -0.15) is 5.10 Å². The fraction of sp³-hybridized carbons (Fsp3) is 0.400. The molecule has 2 rings (SSSR count). The number of rotatable bonds is 0. The zero-order valence-electron chi connectivity index (χ0n) is 8.45. The minimum Gasteiger partial charge on any atom is -0.237 e. The van der Waals surface area contributed by atoms with E-state index in [0.29, 0.717) is 0 Å². The van der Waals surface area contributed by atoms with Crippen LogP contribution in [0, 0.1) is 0 Å². The smallest absolute Gasteiger partial charge is 0.154 e. The Balaban J connectivity index is 2.63. The van der Waals surface area contributed by atoms with Crippen LogP contribution < -0.4 is 0 Å². The number of aromatic nitrogens is 3. The maximum atomic E-state index is 4.44. The molecule has 0 bridgehead atoms. The second-order valence-electron chi connectivity index (χ2n) is 4.33. The first-order valence-electron chi connectivity index (χ1n) is 4.49. The predicted octanol–water partition coefficient (Wildman–Crippen LogP) is 2.79. The van der Waals surface area contributed by atoms with Crippen molar-refractivity contribution >= 4 is 21.4 Å². The van der Waals surface area contributed by atoms with E-state index in [0.717, 1.165) is 15.8 Å². The Hall–Kier alpha value is -0.900. The van der Waals surface area contributed by atoms with E-state index in [-0.39, 0.29) is 5.41 Å². The molecule has 0 fully saturated rings. The van der Waals surface area contributed by atoms with Crippen molar-refractivity contribution in [1.29, 1.82) is 0 Å². The lowest BCUT2D eigenvalue weighted by atomic mass is 9.96. The molecule has 14 heavy (non-hydrogen) atoms. The molecule has 0 atom stereocenters. The van der Waals surface area contributed by atoms with Crippen LogP contribution in [0.5, 0.6) is 0 Å². The highest BCUT2D eigenvalue weighted by atomic mass is 79.9. The highest BCUT2D eigenvalue weighted by Crippen LogP contribution is 2.21. The summed E-state index contributed by atoms with van der Waals surface area (Å²) in [6.07, 6.45) is 3.77. The molecule has 0 unspecified atom stereocenters. The first-order chi connectivity index (χ1) is 6.48. The van der Waals surface area contributed by atoms with Gasteiger partial charge in [0.2, 0.25) is 0 Å². The summed E-state index contributed by atoms with van der Waals surface area (Å²) in [7, 11) is 0. The molecule has 0 amide bonds. The molecule has 74 valence electrons. The van der Waals surface area contributed by atoms with Crippen LogP contribution in [0.3, 0.4) is 0 Å². The summed E-state index contributed by atoms with van der Waals surface area (Å²) in [5.74, 6) is 0.855. The van der Waals surface area contributed by atoms with Gasteiger partial charge in [-0.3, -0.25) is 0 Å². The molecule has 0 aliphatic rings. The van der Waals surface area contributed by atoms with Crippen molar-refractivity contribution in [2.45, 2.75) is 26.2 Å². The van der Waals surface area contributed by atoms with Gasteiger partial charge >= 0.3 is 0 Å². The number of halogens is 1. The van der Waals surface area contributed by atoms with Crippen LogP contribution in [0.2, 0.25) is 0 Å². The molecule has 0 aliphatic heterocycles. The SMILES string of the molecule is CC(C)(C)c1ncc2c(Br)ccn2n1. The lowest BCUT2D eigenvalue weighted by Gasteiger charge is -2.15. The molecule has 0 saturated heterocycles. The lowest BCUT2D eigenvalue weighted by Crippen LogP contribution is -2.17. The van der Waals surface area contributed by atoms with Crippen LogP contribution in [0.25, 0.3) is 5.52 Å². The van der Waals surface area contributed by atoms with E-state index in [9.17, 15) is 0 Å². The van der Waals surface area contributed by atoms with E-state index < -0.39 is 0 Å². The molecule has 0 saturated carbocycles. The molecule has 0 aliphatic carbocycles. The van der Waals surface area contributed by atoms with Crippen LogP contribution in [-0.4, -0.2) is 14.6 Å². The number of hydrogen-bond acceptors (Lipinski definition) is 2. The Kier molecular flexibility index (Phi) is 2.10. The van der Waals surface area contributed by atoms with Gasteiger partial charge < -0.3 is 0 Å². The van der Waals surface area contributed by atoms with Crippen LogP contribution >= 0.6 is 15.9 Å². The summed E-state index contributed by atoms with van der Waals surface area (Å²) < 4.78 is 2.87. The molecular formula is C10H12BrN3. The van der Waals surface area contributed by atoms with Gasteiger partial charge in [0.15, 0.2) is 5.82 Å². The Morgan fingerprint density at radius 2 is 2.07 bits per heavy atom. The lowest BCUT2D eigenvalue weighted by molar-refractivity contribution is 0.529. The molecule has 3 nitrogen and oxygen atoms in total. The molecule has 0 aromatic carbocycles. The van der Waals surface area contributed by atoms with Crippen LogP contribution in [0.4, 0.5) is 0 Å². The minimum absolute atomic E-state index is 0.00899. The second-order valence-corrected chi connectivity index (χ2v) is 5.18. The van der Waals surface area contributed by atoms with E-state index >= 15 is 0 Å². The zero-order valence-corrected chi connectivity index (χ0v) is 10.0. The standard InChI is InChI=1S/C10H12BrN3/c1-10(2,3)9-12-6-8-7(11)4-5-14(8)13-9/h4-6H,1-3H3. The van der Waals surface area contributed by atoms with E-state index in [1.165, 1.54) is 0 Å². The number of nitrogens with zero attached hydrogens (tertiary/aromatic N) is 3. The van der Waals surface area contributed by atoms with Crippen molar-refractivity contribution in [3.8, 4) is 0 Å². The van der Waals surface area contributed by atoms with Crippen LogP contribution in [0.1, 0.15) is 26.6 Å². The fourth-order valence-electron chi connectivity index (χ4n) is 1.21. The largest absolute Gasteiger partial charge is 0.237 e. The molecule has 0 spiro atoms. The van der Waals surface area contributed by atoms with Gasteiger partial charge in [-0.15, -0.1) is 0 Å². The maximum absolute atomic E-state index is 4.44. The summed E-state index contributed by atoms with van der Waals surface area (Å²) in [6, 6.07) is 1.97. The average Bonchev–Trinajstić information content (AvgIpc) is 2.46. The topological polar surface area (TPSA) is 30.2 Å². The van der Waals surface area contributed by atoms with Gasteiger partial charge in [0.05, 0.1) is 11.7 Å². The van der Waals surface area contributed by atoms with Crippen molar-refractivity contribution in [1.82, 2.24) is 14.6 Å². The second kappa shape index (κ2) is 3.05. The summed E-state index contributed by atoms with van der Waals surface area (Å²) >= 11 is 3.44. The Labute approximate surface area is 91.3 Å². The van der Waals surface area contributed by atoms with E-state index in [1.54, 1.807) is 0 Å². The average molecular weight is 254 g/mol. The third-order valence-corrected chi connectivity index (χ3v) is 2.71. The molecular weight excluding hydrogens is 242 g/mol. The van der Waals surface area contributed by atoms with Crippen molar-refractivity contribution in [3.05, 3.63) is 28.8 Å². The summed E-state index contributed by atoms with van der Waals surface area (Å²) in [5, 5.41) is 4.44. The first kappa shape index (κ1) is 9.65. The van der Waals surface area contributed by atoms with Crippen LogP contribution in [0.15, 0.2) is 22.9 Å². The Bertz CT molecular complexity index is 468. The van der Waals surface area contributed by atoms with Gasteiger partial charge in [0.1, 0.15) is 0 Å². The van der Waals surface area contributed by atoms with E-state index in [2.05, 4.69) is 46.8 Å². The molecule has 4 heteroatoms. The maximum Gasteiger partial charge on any atom is 0.154 e. The van der Waals surface area contributed by atoms with Crippen LogP contribution in [-0.2, 0) is 5.41 Å². The third-order valence-electron chi connectivity index (χ3n) is 2.04. The first-order valence-corrected chi connectivity index (χ1v) is 5.28. The Morgan fingerprint density at radius 3 is 2.71 bits per heavy atom. The third kappa shape index (κ3) is 1.54. The molecule has 2 heterocycles. The number of hydrogen-bond donors (Lipinski definition) is 0. The van der Waals surface area contributed by atoms with E-state index in [4.69, 9.17) is 0 Å². The van der Waals surface area contributed by atoms with Crippen molar-refractivity contribution < 1.29 is 0 Å². The summed E-state index contributed by atoms with van der Waals surface area (Å²) in [6.45, 7) is 6.31. The molecule has 2 aromatic heterocycles. The quantitative estimate of drug-likeness (QED) is 0.723. The van der Waals surface area contributed by atoms with Gasteiger partial charge in [0, 0.05) is 16.1 Å². The van der Waals surface area contributed by atoms with Crippen molar-refractivity contribution in [2.75, 3.05) is 0 Å². The van der Waals surface area contributed by atoms with Gasteiger partial charge in [-0.1, -0.05) is 20.8 Å². The molecule has 0 radical (unpaired) electrons. The van der Waals surface area contributed by atoms with Gasteiger partial charge in [0.25, 0.3) is 0 Å². The number of fused-ring (bicyclic) bond motifs is 1. The summed E-state index contributed by atoms with van der Waals surface area (Å²) in [4.78, 5) is 4.35. The Morgan fingerprint density at radius 1 is 1.36 bits per heavy atom. The predicted molar refractivity (Wildman–Crippen MR) is 59.4 cm³/mol. The highest BCUT2D eigenvalue weighted by molar-refractivity contribution is 9.10. The minimum atomic E-state index is -0.00899. The highest BCUT2D eigenvalue weighted by Gasteiger charge is 2.17. The van der Waals surface area contributed by atoms with Gasteiger partial charge in [-0.05, 0) is 22.0 Å². The van der Waals surface area contributed by atoms with Gasteiger partial charge in [-0.25, -0.2) is 9.50 Å². The monoisotopic (exact) mass is 253 g/mol. The fourth-order valence-corrected chi connectivity index (χ4v) is 1.62. The van der Waals surface area contributed by atoms with E-state index in [1.807, 2.05) is 23.0 Å². The van der Waals surface area contributed by atoms with Crippen molar-refractivity contribution in [2.24, 2.45) is 0 Å². The normalized spacial score (nSPS) is 12.3. The van der Waals surface area contributed by atoms with Crippen molar-refractivity contribution in [3.63, 3.8) is 0 Å².